The highest BCUT2D eigenvalue weighted by Crippen LogP contribution is 2.24. The van der Waals surface area contributed by atoms with Gasteiger partial charge in [-0.05, 0) is 55.3 Å². The van der Waals surface area contributed by atoms with Crippen LogP contribution in [0, 0.1) is 0 Å². The first-order chi connectivity index (χ1) is 13.0. The lowest BCUT2D eigenvalue weighted by molar-refractivity contribution is -0.122. The van der Waals surface area contributed by atoms with Crippen molar-refractivity contribution in [2.45, 2.75) is 26.4 Å². The molecule has 2 aromatic carbocycles. The lowest BCUT2D eigenvalue weighted by atomic mass is 10.1. The minimum absolute atomic E-state index is 0.288. The molecule has 0 saturated heterocycles. The Balaban J connectivity index is 1.73. The van der Waals surface area contributed by atoms with E-state index in [9.17, 15) is 9.59 Å². The molecular weight excluding hydrogens is 346 g/mol. The number of anilines is 1. The second-order valence-corrected chi connectivity index (χ2v) is 6.08. The molecule has 140 valence electrons. The maximum atomic E-state index is 12.3. The lowest BCUT2D eigenvalue weighted by Gasteiger charge is -2.15. The molecule has 27 heavy (non-hydrogen) atoms. The molecule has 1 amide bonds. The molecular formula is C21H21NO5. The third kappa shape index (κ3) is 4.28. The zero-order valence-corrected chi connectivity index (χ0v) is 15.4. The average Bonchev–Trinajstić information content (AvgIpc) is 2.67. The van der Waals surface area contributed by atoms with Gasteiger partial charge in [-0.3, -0.25) is 4.79 Å². The summed E-state index contributed by atoms with van der Waals surface area (Å²) in [6.07, 6.45) is -0.00572. The van der Waals surface area contributed by atoms with Crippen LogP contribution in [0.25, 0.3) is 11.0 Å². The SMILES string of the molecule is CCc1cc(=O)oc2cc(OC(C)C(=O)Nc3ccc(OC)cc3)ccc12. The van der Waals surface area contributed by atoms with Crippen molar-refractivity contribution in [3.63, 3.8) is 0 Å². The first-order valence-electron chi connectivity index (χ1n) is 8.68. The van der Waals surface area contributed by atoms with Crippen molar-refractivity contribution in [1.82, 2.24) is 0 Å². The number of aryl methyl sites for hydroxylation is 1. The van der Waals surface area contributed by atoms with Gasteiger partial charge in [0.1, 0.15) is 17.1 Å². The summed E-state index contributed by atoms with van der Waals surface area (Å²) in [5, 5.41) is 3.65. The Morgan fingerprint density at radius 2 is 1.81 bits per heavy atom. The van der Waals surface area contributed by atoms with Crippen molar-refractivity contribution < 1.29 is 18.7 Å². The average molecular weight is 367 g/mol. The number of carbonyl (C=O) groups excluding carboxylic acids is 1. The van der Waals surface area contributed by atoms with Crippen molar-refractivity contribution >= 4 is 22.6 Å². The van der Waals surface area contributed by atoms with E-state index in [1.165, 1.54) is 6.07 Å². The molecule has 0 radical (unpaired) electrons. The molecule has 0 aliphatic heterocycles. The predicted molar refractivity (Wildman–Crippen MR) is 104 cm³/mol. The number of hydrogen-bond acceptors (Lipinski definition) is 5. The van der Waals surface area contributed by atoms with E-state index in [0.717, 1.165) is 17.4 Å². The number of rotatable bonds is 6. The fourth-order valence-electron chi connectivity index (χ4n) is 2.75. The summed E-state index contributed by atoms with van der Waals surface area (Å²) < 4.78 is 16.1. The molecule has 6 heteroatoms. The van der Waals surface area contributed by atoms with Crippen molar-refractivity contribution in [2.75, 3.05) is 12.4 Å². The zero-order chi connectivity index (χ0) is 19.4. The van der Waals surface area contributed by atoms with Gasteiger partial charge in [0.15, 0.2) is 6.10 Å². The van der Waals surface area contributed by atoms with Gasteiger partial charge < -0.3 is 19.2 Å². The molecule has 1 N–H and O–H groups in total. The molecule has 0 bridgehead atoms. The monoisotopic (exact) mass is 367 g/mol. The highest BCUT2D eigenvalue weighted by Gasteiger charge is 2.16. The van der Waals surface area contributed by atoms with Gasteiger partial charge in [0.05, 0.1) is 7.11 Å². The predicted octanol–water partition coefficient (Wildman–Crippen LogP) is 3.77. The summed E-state index contributed by atoms with van der Waals surface area (Å²) >= 11 is 0. The fraction of sp³-hybridized carbons (Fsp3) is 0.238. The number of carbonyl (C=O) groups is 1. The minimum Gasteiger partial charge on any atom is -0.497 e. The molecule has 3 rings (SSSR count). The first kappa shape index (κ1) is 18.5. The van der Waals surface area contributed by atoms with Crippen LogP contribution in [0.15, 0.2) is 57.7 Å². The molecule has 0 fully saturated rings. The van der Waals surface area contributed by atoms with Crippen molar-refractivity contribution in [3.05, 3.63) is 64.5 Å². The smallest absolute Gasteiger partial charge is 0.336 e. The maximum Gasteiger partial charge on any atom is 0.336 e. The topological polar surface area (TPSA) is 77.8 Å². The Kier molecular flexibility index (Phi) is 5.45. The number of ether oxygens (including phenoxy) is 2. The van der Waals surface area contributed by atoms with Crippen LogP contribution in [0.5, 0.6) is 11.5 Å². The Labute approximate surface area is 156 Å². The van der Waals surface area contributed by atoms with E-state index in [2.05, 4.69) is 5.32 Å². The van der Waals surface area contributed by atoms with E-state index in [1.54, 1.807) is 50.4 Å². The number of methoxy groups -OCH3 is 1. The van der Waals surface area contributed by atoms with Crippen LogP contribution in [0.3, 0.4) is 0 Å². The van der Waals surface area contributed by atoms with Gasteiger partial charge in [0, 0.05) is 23.2 Å². The van der Waals surface area contributed by atoms with Gasteiger partial charge in [-0.2, -0.15) is 0 Å². The summed E-state index contributed by atoms with van der Waals surface area (Å²) in [5.74, 6) is 0.877. The molecule has 0 aliphatic rings. The quantitative estimate of drug-likeness (QED) is 0.671. The van der Waals surface area contributed by atoms with Crippen LogP contribution < -0.4 is 20.4 Å². The van der Waals surface area contributed by atoms with Crippen LogP contribution in [-0.2, 0) is 11.2 Å². The van der Waals surface area contributed by atoms with Crippen molar-refractivity contribution in [3.8, 4) is 11.5 Å². The van der Waals surface area contributed by atoms with Crippen molar-refractivity contribution in [1.29, 1.82) is 0 Å². The Morgan fingerprint density at radius 1 is 1.11 bits per heavy atom. The zero-order valence-electron chi connectivity index (χ0n) is 15.4. The van der Waals surface area contributed by atoms with Crippen LogP contribution in [0.1, 0.15) is 19.4 Å². The molecule has 0 spiro atoms. The molecule has 1 unspecified atom stereocenters. The number of hydrogen-bond donors (Lipinski definition) is 1. The van der Waals surface area contributed by atoms with Gasteiger partial charge >= 0.3 is 5.63 Å². The second kappa shape index (κ2) is 7.95. The van der Waals surface area contributed by atoms with E-state index < -0.39 is 11.7 Å². The minimum atomic E-state index is -0.731. The number of amides is 1. The normalized spacial score (nSPS) is 11.8. The molecule has 3 aromatic rings. The van der Waals surface area contributed by atoms with Gasteiger partial charge in [0.25, 0.3) is 5.91 Å². The molecule has 0 saturated carbocycles. The van der Waals surface area contributed by atoms with Gasteiger partial charge in [-0.15, -0.1) is 0 Å². The second-order valence-electron chi connectivity index (χ2n) is 6.08. The summed E-state index contributed by atoms with van der Waals surface area (Å²) in [7, 11) is 1.58. The van der Waals surface area contributed by atoms with Crippen LogP contribution in [-0.4, -0.2) is 19.1 Å². The van der Waals surface area contributed by atoms with Gasteiger partial charge in [-0.1, -0.05) is 6.92 Å². The van der Waals surface area contributed by atoms with E-state index in [4.69, 9.17) is 13.9 Å². The van der Waals surface area contributed by atoms with Crippen LogP contribution in [0.4, 0.5) is 5.69 Å². The van der Waals surface area contributed by atoms with E-state index in [-0.39, 0.29) is 5.91 Å². The first-order valence-corrected chi connectivity index (χ1v) is 8.68. The highest BCUT2D eigenvalue weighted by molar-refractivity contribution is 5.94. The maximum absolute atomic E-state index is 12.3. The largest absolute Gasteiger partial charge is 0.497 e. The van der Waals surface area contributed by atoms with Crippen LogP contribution >= 0.6 is 0 Å². The standard InChI is InChI=1S/C21H21NO5/c1-4-14-11-20(23)27-19-12-17(9-10-18(14)19)26-13(2)21(24)22-15-5-7-16(25-3)8-6-15/h5-13H,4H2,1-3H3,(H,22,24). The molecule has 1 heterocycles. The molecule has 6 nitrogen and oxygen atoms in total. The summed E-state index contributed by atoms with van der Waals surface area (Å²) in [6, 6.07) is 13.7. The third-order valence-electron chi connectivity index (χ3n) is 4.22. The van der Waals surface area contributed by atoms with Gasteiger partial charge in [0.2, 0.25) is 0 Å². The van der Waals surface area contributed by atoms with Gasteiger partial charge in [-0.25, -0.2) is 4.79 Å². The number of benzene rings is 2. The molecule has 1 atom stereocenters. The Morgan fingerprint density at radius 3 is 2.48 bits per heavy atom. The fourth-order valence-corrected chi connectivity index (χ4v) is 2.75. The number of fused-ring (bicyclic) bond motifs is 1. The number of nitrogens with one attached hydrogen (secondary N) is 1. The molecule has 0 aliphatic carbocycles. The Bertz CT molecular complexity index is 1010. The third-order valence-corrected chi connectivity index (χ3v) is 4.22. The molecule has 1 aromatic heterocycles. The van der Waals surface area contributed by atoms with E-state index >= 15 is 0 Å². The highest BCUT2D eigenvalue weighted by atomic mass is 16.5. The summed E-state index contributed by atoms with van der Waals surface area (Å²) in [6.45, 7) is 3.63. The Hall–Kier alpha value is -3.28. The lowest BCUT2D eigenvalue weighted by Crippen LogP contribution is -2.30. The van der Waals surface area contributed by atoms with E-state index in [0.29, 0.717) is 22.8 Å². The van der Waals surface area contributed by atoms with Crippen molar-refractivity contribution in [2.24, 2.45) is 0 Å². The van der Waals surface area contributed by atoms with Crippen LogP contribution in [0.2, 0.25) is 0 Å². The summed E-state index contributed by atoms with van der Waals surface area (Å²) in [5.41, 5.74) is 1.60. The van der Waals surface area contributed by atoms with E-state index in [1.807, 2.05) is 13.0 Å². The summed E-state index contributed by atoms with van der Waals surface area (Å²) in [4.78, 5) is 24.0.